The van der Waals surface area contributed by atoms with Crippen LogP contribution in [-0.4, -0.2) is 16.5 Å². The van der Waals surface area contributed by atoms with Gasteiger partial charge in [0.25, 0.3) is 5.91 Å². The van der Waals surface area contributed by atoms with Gasteiger partial charge in [-0.1, -0.05) is 47.3 Å². The van der Waals surface area contributed by atoms with Crippen LogP contribution >= 0.6 is 27.3 Å². The van der Waals surface area contributed by atoms with Crippen molar-refractivity contribution >= 4 is 33.2 Å². The number of epoxide rings is 1. The number of ether oxygens (including phenoxy) is 1. The maximum absolute atomic E-state index is 12.2. The molecule has 0 unspecified atom stereocenters. The van der Waals surface area contributed by atoms with Crippen molar-refractivity contribution in [2.45, 2.75) is 43.3 Å². The van der Waals surface area contributed by atoms with Gasteiger partial charge in [-0.15, -0.1) is 11.3 Å². The summed E-state index contributed by atoms with van der Waals surface area (Å²) in [4.78, 5) is 16.9. The molecule has 1 amide bonds. The zero-order chi connectivity index (χ0) is 16.1. The van der Waals surface area contributed by atoms with E-state index in [1.807, 2.05) is 29.6 Å². The smallest absolute Gasteiger partial charge is 0.259 e. The van der Waals surface area contributed by atoms with Gasteiger partial charge in [-0.3, -0.25) is 4.79 Å². The fraction of sp³-hybridized carbons (Fsp3) is 0.412. The molecule has 1 saturated carbocycles. The molecule has 2 N–H and O–H groups in total. The van der Waals surface area contributed by atoms with Gasteiger partial charge < -0.3 is 10.5 Å². The number of aromatic nitrogens is 1. The van der Waals surface area contributed by atoms with Crippen molar-refractivity contribution in [2.24, 2.45) is 5.73 Å². The number of amides is 1. The minimum Gasteiger partial charge on any atom is -0.367 e. The molecule has 4 nitrogen and oxygen atoms in total. The monoisotopic (exact) mass is 392 g/mol. The number of rotatable bonds is 3. The molecule has 0 radical (unpaired) electrons. The molecule has 1 aromatic carbocycles. The van der Waals surface area contributed by atoms with Crippen molar-refractivity contribution in [1.29, 1.82) is 0 Å². The Labute approximate surface area is 147 Å². The third kappa shape index (κ3) is 2.27. The maximum atomic E-state index is 12.2. The fourth-order valence-corrected chi connectivity index (χ4v) is 4.97. The van der Waals surface area contributed by atoms with Crippen LogP contribution in [0.25, 0.3) is 11.3 Å². The molecule has 4 rings (SSSR count). The quantitative estimate of drug-likeness (QED) is 0.802. The predicted octanol–water partition coefficient (Wildman–Crippen LogP) is 3.99. The number of hydrogen-bond donors (Lipinski definition) is 1. The molecular formula is C17H17BrN2O2S. The molecule has 2 fully saturated rings. The van der Waals surface area contributed by atoms with Crippen LogP contribution in [0.15, 0.2) is 34.1 Å². The summed E-state index contributed by atoms with van der Waals surface area (Å²) in [6.07, 6.45) is 5.15. The van der Waals surface area contributed by atoms with Gasteiger partial charge in [-0.05, 0) is 25.0 Å². The summed E-state index contributed by atoms with van der Waals surface area (Å²) in [5.74, 6) is -0.406. The lowest BCUT2D eigenvalue weighted by molar-refractivity contribution is -0.123. The Balaban J connectivity index is 1.70. The van der Waals surface area contributed by atoms with E-state index in [1.54, 1.807) is 0 Å². The second kappa shape index (κ2) is 5.40. The van der Waals surface area contributed by atoms with Crippen molar-refractivity contribution in [3.8, 4) is 11.3 Å². The first kappa shape index (κ1) is 15.3. The van der Waals surface area contributed by atoms with Crippen molar-refractivity contribution in [1.82, 2.24) is 4.98 Å². The first-order chi connectivity index (χ1) is 11.1. The summed E-state index contributed by atoms with van der Waals surface area (Å²) >= 11 is 4.90. The minimum atomic E-state index is -1.01. The topological polar surface area (TPSA) is 68.5 Å². The van der Waals surface area contributed by atoms with Gasteiger partial charge in [0, 0.05) is 15.4 Å². The molecule has 1 aliphatic carbocycles. The fourth-order valence-electron chi connectivity index (χ4n) is 3.65. The number of carbonyl (C=O) groups is 1. The SMILES string of the molecule is NC(=O)[C@]1(c2nc(-c3ccc(Br)cc3)cs2)OC12CCCCC2. The Morgan fingerprint density at radius 1 is 1.22 bits per heavy atom. The molecule has 0 bridgehead atoms. The van der Waals surface area contributed by atoms with Crippen molar-refractivity contribution in [3.63, 3.8) is 0 Å². The van der Waals surface area contributed by atoms with E-state index in [1.165, 1.54) is 17.8 Å². The van der Waals surface area contributed by atoms with Crippen LogP contribution in [0, 0.1) is 0 Å². The van der Waals surface area contributed by atoms with E-state index >= 15 is 0 Å². The van der Waals surface area contributed by atoms with Crippen LogP contribution in [0.1, 0.15) is 37.1 Å². The largest absolute Gasteiger partial charge is 0.367 e. The Bertz CT molecular complexity index is 752. The number of benzene rings is 1. The molecule has 2 heterocycles. The zero-order valence-electron chi connectivity index (χ0n) is 12.5. The molecule has 2 aliphatic rings. The zero-order valence-corrected chi connectivity index (χ0v) is 15.0. The Morgan fingerprint density at radius 2 is 1.91 bits per heavy atom. The highest BCUT2D eigenvalue weighted by molar-refractivity contribution is 9.10. The van der Waals surface area contributed by atoms with E-state index in [0.29, 0.717) is 5.01 Å². The minimum absolute atomic E-state index is 0.406. The van der Waals surface area contributed by atoms with Crippen LogP contribution in [0.3, 0.4) is 0 Å². The maximum Gasteiger partial charge on any atom is 0.259 e. The van der Waals surface area contributed by atoms with E-state index in [0.717, 1.165) is 41.4 Å². The Morgan fingerprint density at radius 3 is 2.57 bits per heavy atom. The van der Waals surface area contributed by atoms with Crippen LogP contribution < -0.4 is 5.73 Å². The molecule has 1 aromatic heterocycles. The number of thiazole rings is 1. The molecule has 2 aromatic rings. The number of halogens is 1. The highest BCUT2D eigenvalue weighted by atomic mass is 79.9. The lowest BCUT2D eigenvalue weighted by atomic mass is 9.80. The predicted molar refractivity (Wildman–Crippen MR) is 93.0 cm³/mol. The normalized spacial score (nSPS) is 25.4. The molecule has 1 aliphatic heterocycles. The highest BCUT2D eigenvalue weighted by Crippen LogP contribution is 2.63. The summed E-state index contributed by atoms with van der Waals surface area (Å²) in [5, 5.41) is 2.67. The third-order valence-corrected chi connectivity index (χ3v) is 6.37. The summed E-state index contributed by atoms with van der Waals surface area (Å²) in [6, 6.07) is 7.97. The van der Waals surface area contributed by atoms with Gasteiger partial charge in [-0.25, -0.2) is 4.98 Å². The first-order valence-corrected chi connectivity index (χ1v) is 9.47. The number of nitrogens with zero attached hydrogens (tertiary/aromatic N) is 1. The van der Waals surface area contributed by atoms with Crippen LogP contribution in [0.5, 0.6) is 0 Å². The van der Waals surface area contributed by atoms with Gasteiger partial charge in [0.15, 0.2) is 0 Å². The van der Waals surface area contributed by atoms with Gasteiger partial charge in [0.2, 0.25) is 5.60 Å². The number of nitrogens with two attached hydrogens (primary N) is 1. The van der Waals surface area contributed by atoms with E-state index in [-0.39, 0.29) is 0 Å². The third-order valence-electron chi connectivity index (χ3n) is 4.90. The lowest BCUT2D eigenvalue weighted by Crippen LogP contribution is -2.38. The van der Waals surface area contributed by atoms with Gasteiger partial charge in [0.1, 0.15) is 10.6 Å². The summed E-state index contributed by atoms with van der Waals surface area (Å²) < 4.78 is 7.04. The second-order valence-corrected chi connectivity index (χ2v) is 8.02. The van der Waals surface area contributed by atoms with Crippen LogP contribution in [0.4, 0.5) is 0 Å². The average Bonchev–Trinajstić information content (AvgIpc) is 2.95. The van der Waals surface area contributed by atoms with E-state index in [2.05, 4.69) is 15.9 Å². The van der Waals surface area contributed by atoms with E-state index in [9.17, 15) is 4.79 Å². The van der Waals surface area contributed by atoms with Gasteiger partial charge in [0.05, 0.1) is 5.69 Å². The molecular weight excluding hydrogens is 376 g/mol. The number of primary amides is 1. The Hall–Kier alpha value is -1.24. The molecule has 1 saturated heterocycles. The van der Waals surface area contributed by atoms with Crippen molar-refractivity contribution in [3.05, 3.63) is 39.1 Å². The molecule has 1 spiro atoms. The highest BCUT2D eigenvalue weighted by Gasteiger charge is 2.76. The second-order valence-electron chi connectivity index (χ2n) is 6.25. The summed E-state index contributed by atoms with van der Waals surface area (Å²) in [7, 11) is 0. The van der Waals surface area contributed by atoms with Crippen LogP contribution in [0.2, 0.25) is 0 Å². The standard InChI is InChI=1S/C17H17BrN2O2S/c18-12-6-4-11(5-7-12)13-10-23-15(20-13)17(14(19)21)16(22-17)8-2-1-3-9-16/h4-7,10H,1-3,8-9H2,(H2,19,21)/t17-/m1/s1. The summed E-state index contributed by atoms with van der Waals surface area (Å²) in [6.45, 7) is 0. The van der Waals surface area contributed by atoms with Crippen molar-refractivity contribution in [2.75, 3.05) is 0 Å². The van der Waals surface area contributed by atoms with Gasteiger partial charge in [-0.2, -0.15) is 0 Å². The number of carbonyl (C=O) groups excluding carboxylic acids is 1. The number of hydrogen-bond acceptors (Lipinski definition) is 4. The van der Waals surface area contributed by atoms with E-state index < -0.39 is 17.1 Å². The summed E-state index contributed by atoms with van der Waals surface area (Å²) in [5.41, 5.74) is 6.20. The average molecular weight is 393 g/mol. The van der Waals surface area contributed by atoms with E-state index in [4.69, 9.17) is 15.5 Å². The van der Waals surface area contributed by atoms with Crippen molar-refractivity contribution < 1.29 is 9.53 Å². The Kier molecular flexibility index (Phi) is 3.59. The molecule has 120 valence electrons. The lowest BCUT2D eigenvalue weighted by Gasteiger charge is -2.20. The molecule has 23 heavy (non-hydrogen) atoms. The van der Waals surface area contributed by atoms with Gasteiger partial charge >= 0.3 is 0 Å². The molecule has 1 atom stereocenters. The van der Waals surface area contributed by atoms with Crippen LogP contribution in [-0.2, 0) is 15.1 Å². The first-order valence-electron chi connectivity index (χ1n) is 7.79. The molecule has 6 heteroatoms.